The third-order valence-electron chi connectivity index (χ3n) is 4.30. The molecular formula is C19H26FN4O4P. The summed E-state index contributed by atoms with van der Waals surface area (Å²) in [5.74, 6) is -1.79. The molecule has 0 saturated heterocycles. The smallest absolute Gasteiger partial charge is 0.303 e. The molecule has 0 aromatic heterocycles. The molecule has 5 N–H and O–H groups in total. The molecule has 1 aliphatic heterocycles. The second-order valence-electron chi connectivity index (χ2n) is 6.65. The molecule has 1 aromatic rings. The molecule has 0 radical (unpaired) electrons. The van der Waals surface area contributed by atoms with Gasteiger partial charge in [-0.2, -0.15) is 0 Å². The van der Waals surface area contributed by atoms with Crippen molar-refractivity contribution < 1.29 is 23.9 Å². The highest BCUT2D eigenvalue weighted by molar-refractivity contribution is 7.38. The number of allylic oxidation sites excluding steroid dienone is 1. The summed E-state index contributed by atoms with van der Waals surface area (Å²) in [7, 11) is 0.184. The molecule has 0 aliphatic carbocycles. The average Bonchev–Trinajstić information content (AvgIpc) is 3.17. The summed E-state index contributed by atoms with van der Waals surface area (Å²) in [5.41, 5.74) is 7.51. The SMILES string of the molecule is NC(=O)c1cc(C(=O)NCCCCCC(=O)O)cc(N2C=C(CCCF)NP2)c1. The fourth-order valence-electron chi connectivity index (χ4n) is 2.78. The maximum atomic E-state index is 12.5. The zero-order valence-corrected chi connectivity index (χ0v) is 17.0. The van der Waals surface area contributed by atoms with E-state index in [-0.39, 0.29) is 33.4 Å². The zero-order valence-electron chi connectivity index (χ0n) is 16.0. The van der Waals surface area contributed by atoms with Crippen molar-refractivity contribution in [3.8, 4) is 0 Å². The van der Waals surface area contributed by atoms with Crippen LogP contribution in [-0.4, -0.2) is 36.1 Å². The van der Waals surface area contributed by atoms with Gasteiger partial charge in [0.2, 0.25) is 5.91 Å². The Morgan fingerprint density at radius 3 is 2.59 bits per heavy atom. The minimum Gasteiger partial charge on any atom is -0.481 e. The monoisotopic (exact) mass is 424 g/mol. The molecule has 1 aromatic carbocycles. The lowest BCUT2D eigenvalue weighted by Gasteiger charge is -2.16. The van der Waals surface area contributed by atoms with Crippen LogP contribution >= 0.6 is 8.88 Å². The van der Waals surface area contributed by atoms with E-state index in [1.54, 1.807) is 12.1 Å². The van der Waals surface area contributed by atoms with Crippen LogP contribution in [0.2, 0.25) is 0 Å². The Kier molecular flexibility index (Phi) is 8.86. The molecule has 2 amide bonds. The number of rotatable bonds is 12. The first kappa shape index (κ1) is 22.6. The number of halogens is 1. The Morgan fingerprint density at radius 1 is 1.14 bits per heavy atom. The molecule has 29 heavy (non-hydrogen) atoms. The summed E-state index contributed by atoms with van der Waals surface area (Å²) in [6.45, 7) is 0.0226. The van der Waals surface area contributed by atoms with Crippen LogP contribution in [0.1, 0.15) is 59.2 Å². The molecule has 0 bridgehead atoms. The molecule has 8 nitrogen and oxygen atoms in total. The number of amides is 2. The Labute approximate surface area is 170 Å². The third kappa shape index (κ3) is 7.34. The van der Waals surface area contributed by atoms with Crippen molar-refractivity contribution in [2.75, 3.05) is 17.9 Å². The summed E-state index contributed by atoms with van der Waals surface area (Å²) in [6.07, 6.45) is 4.91. The van der Waals surface area contributed by atoms with Gasteiger partial charge in [-0.25, -0.2) is 0 Å². The number of carboxylic acids is 1. The summed E-state index contributed by atoms with van der Waals surface area (Å²) in [4.78, 5) is 34.7. The Hall–Kier alpha value is -2.67. The van der Waals surface area contributed by atoms with Crippen molar-refractivity contribution in [1.29, 1.82) is 0 Å². The van der Waals surface area contributed by atoms with Gasteiger partial charge in [0.1, 0.15) is 0 Å². The van der Waals surface area contributed by atoms with Gasteiger partial charge >= 0.3 is 5.97 Å². The van der Waals surface area contributed by atoms with Crippen molar-refractivity contribution in [3.63, 3.8) is 0 Å². The number of alkyl halides is 1. The highest BCUT2D eigenvalue weighted by Crippen LogP contribution is 2.34. The number of carbonyl (C=O) groups is 3. The van der Waals surface area contributed by atoms with Gasteiger partial charge < -0.3 is 25.9 Å². The van der Waals surface area contributed by atoms with Crippen molar-refractivity contribution in [2.24, 2.45) is 5.73 Å². The van der Waals surface area contributed by atoms with Crippen LogP contribution in [0, 0.1) is 0 Å². The molecule has 158 valence electrons. The van der Waals surface area contributed by atoms with E-state index in [9.17, 15) is 18.8 Å². The second-order valence-corrected chi connectivity index (χ2v) is 7.60. The molecule has 0 spiro atoms. The molecule has 1 unspecified atom stereocenters. The topological polar surface area (TPSA) is 125 Å². The van der Waals surface area contributed by atoms with Gasteiger partial charge in [0.15, 0.2) is 0 Å². The summed E-state index contributed by atoms with van der Waals surface area (Å²) < 4.78 is 14.2. The van der Waals surface area contributed by atoms with E-state index in [0.29, 0.717) is 49.9 Å². The van der Waals surface area contributed by atoms with Gasteiger partial charge in [-0.3, -0.25) is 18.8 Å². The summed E-state index contributed by atoms with van der Waals surface area (Å²) >= 11 is 0. The first-order chi connectivity index (χ1) is 13.9. The Morgan fingerprint density at radius 2 is 1.90 bits per heavy atom. The Bertz CT molecular complexity index is 787. The van der Waals surface area contributed by atoms with Gasteiger partial charge in [-0.1, -0.05) is 6.42 Å². The van der Waals surface area contributed by atoms with E-state index < -0.39 is 11.9 Å². The molecule has 0 fully saturated rings. The lowest BCUT2D eigenvalue weighted by Crippen LogP contribution is -2.25. The molecule has 1 aliphatic rings. The normalized spacial score (nSPS) is 13.8. The average molecular weight is 424 g/mol. The number of carboxylic acid groups (broad SMARTS) is 1. The van der Waals surface area contributed by atoms with Gasteiger partial charge in [0, 0.05) is 41.7 Å². The van der Waals surface area contributed by atoms with Crippen molar-refractivity contribution in [3.05, 3.63) is 41.2 Å². The molecule has 1 atom stereocenters. The van der Waals surface area contributed by atoms with Crippen LogP contribution in [0.25, 0.3) is 0 Å². The van der Waals surface area contributed by atoms with Crippen LogP contribution in [0.5, 0.6) is 0 Å². The number of primary amides is 1. The first-order valence-electron chi connectivity index (χ1n) is 9.43. The van der Waals surface area contributed by atoms with E-state index in [1.807, 2.05) is 10.9 Å². The molecule has 10 heteroatoms. The van der Waals surface area contributed by atoms with E-state index in [4.69, 9.17) is 10.8 Å². The van der Waals surface area contributed by atoms with Gasteiger partial charge in [0.05, 0.1) is 15.6 Å². The van der Waals surface area contributed by atoms with E-state index in [1.165, 1.54) is 6.07 Å². The van der Waals surface area contributed by atoms with E-state index >= 15 is 0 Å². The molecule has 2 rings (SSSR count). The number of benzene rings is 1. The largest absolute Gasteiger partial charge is 0.481 e. The standard InChI is InChI=1S/C19H26FN4O4P/c20-7-4-5-15-12-24(29-23-15)16-10-13(18(21)27)9-14(11-16)19(28)22-8-3-1-2-6-17(25)26/h9-12,23,29H,1-8H2,(H2,21,27)(H,22,28)(H,25,26). The van der Waals surface area contributed by atoms with Gasteiger partial charge in [-0.15, -0.1) is 0 Å². The number of hydrogen-bond donors (Lipinski definition) is 4. The van der Waals surface area contributed by atoms with E-state index in [0.717, 1.165) is 5.70 Å². The number of nitrogens with one attached hydrogen (secondary N) is 2. The molecular weight excluding hydrogens is 398 g/mol. The van der Waals surface area contributed by atoms with Crippen LogP contribution in [0.4, 0.5) is 10.1 Å². The quantitative estimate of drug-likeness (QED) is 0.302. The minimum absolute atomic E-state index is 0.115. The predicted molar refractivity (Wildman–Crippen MR) is 111 cm³/mol. The van der Waals surface area contributed by atoms with Crippen LogP contribution in [0.3, 0.4) is 0 Å². The number of carbonyl (C=O) groups excluding carboxylic acids is 2. The summed E-state index contributed by atoms with van der Waals surface area (Å²) in [6, 6.07) is 4.75. The second kappa shape index (κ2) is 11.4. The Balaban J connectivity index is 2.02. The summed E-state index contributed by atoms with van der Waals surface area (Å²) in [5, 5.41) is 14.6. The van der Waals surface area contributed by atoms with Gasteiger partial charge in [-0.05, 0) is 43.9 Å². The number of unbranched alkanes of at least 4 members (excludes halogenated alkanes) is 2. The number of nitrogens with two attached hydrogens (primary N) is 1. The lowest BCUT2D eigenvalue weighted by molar-refractivity contribution is -0.137. The number of nitrogens with zero attached hydrogens (tertiary/aromatic N) is 1. The zero-order chi connectivity index (χ0) is 21.2. The van der Waals surface area contributed by atoms with Crippen molar-refractivity contribution >= 4 is 32.4 Å². The van der Waals surface area contributed by atoms with Crippen molar-refractivity contribution in [2.45, 2.75) is 38.5 Å². The number of anilines is 1. The number of aliphatic carboxylic acids is 1. The highest BCUT2D eigenvalue weighted by Gasteiger charge is 2.18. The lowest BCUT2D eigenvalue weighted by atomic mass is 10.1. The molecule has 0 saturated carbocycles. The van der Waals surface area contributed by atoms with Crippen LogP contribution in [-0.2, 0) is 4.79 Å². The highest BCUT2D eigenvalue weighted by atomic mass is 31.1. The van der Waals surface area contributed by atoms with Crippen LogP contribution in [0.15, 0.2) is 30.1 Å². The fraction of sp³-hybridized carbons (Fsp3) is 0.421. The third-order valence-corrected chi connectivity index (χ3v) is 5.36. The first-order valence-corrected chi connectivity index (χ1v) is 10.4. The predicted octanol–water partition coefficient (Wildman–Crippen LogP) is 2.67. The number of hydrogen-bond acceptors (Lipinski definition) is 5. The molecule has 1 heterocycles. The maximum absolute atomic E-state index is 12.5. The van der Waals surface area contributed by atoms with Gasteiger partial charge in [0.25, 0.3) is 5.91 Å². The minimum atomic E-state index is -0.830. The van der Waals surface area contributed by atoms with Crippen LogP contribution < -0.4 is 20.8 Å². The maximum Gasteiger partial charge on any atom is 0.303 e. The van der Waals surface area contributed by atoms with Crippen molar-refractivity contribution in [1.82, 2.24) is 10.4 Å². The van der Waals surface area contributed by atoms with E-state index in [2.05, 4.69) is 10.4 Å². The fourth-order valence-corrected chi connectivity index (χ4v) is 3.71.